The van der Waals surface area contributed by atoms with Crippen molar-refractivity contribution >= 4 is 38.9 Å². The van der Waals surface area contributed by atoms with Gasteiger partial charge in [-0.3, -0.25) is 4.79 Å². The number of benzene rings is 2. The van der Waals surface area contributed by atoms with Gasteiger partial charge in [-0.2, -0.15) is 4.31 Å². The number of nitrogens with one attached hydrogen (secondary N) is 1. The molecule has 0 aliphatic carbocycles. The van der Waals surface area contributed by atoms with Crippen LogP contribution in [0.3, 0.4) is 0 Å². The van der Waals surface area contributed by atoms with Crippen molar-refractivity contribution in [3.8, 4) is 5.75 Å². The first-order valence-electron chi connectivity index (χ1n) is 10.2. The van der Waals surface area contributed by atoms with Crippen LogP contribution in [0.15, 0.2) is 70.9 Å². The summed E-state index contributed by atoms with van der Waals surface area (Å²) in [6.45, 7) is 1.05. The molecule has 32 heavy (non-hydrogen) atoms. The summed E-state index contributed by atoms with van der Waals surface area (Å²) in [4.78, 5) is 12.8. The Labute approximate surface area is 196 Å². The van der Waals surface area contributed by atoms with Gasteiger partial charge in [0, 0.05) is 13.1 Å². The van der Waals surface area contributed by atoms with E-state index in [9.17, 15) is 13.2 Å². The van der Waals surface area contributed by atoms with Gasteiger partial charge in [0.1, 0.15) is 22.6 Å². The highest BCUT2D eigenvalue weighted by molar-refractivity contribution is 7.91. The molecule has 1 aliphatic heterocycles. The van der Waals surface area contributed by atoms with Crippen LogP contribution in [-0.2, 0) is 28.0 Å². The van der Waals surface area contributed by atoms with E-state index in [1.165, 1.54) is 10.4 Å². The highest BCUT2D eigenvalue weighted by atomic mass is 35.5. The van der Waals surface area contributed by atoms with Crippen molar-refractivity contribution in [2.24, 2.45) is 0 Å². The molecular formula is C23H23ClN2O4S2. The van der Waals surface area contributed by atoms with E-state index in [4.69, 9.17) is 16.3 Å². The summed E-state index contributed by atoms with van der Waals surface area (Å²) < 4.78 is 33.5. The lowest BCUT2D eigenvalue weighted by molar-refractivity contribution is -0.124. The minimum Gasteiger partial charge on any atom is -0.489 e. The fourth-order valence-corrected chi connectivity index (χ4v) is 6.93. The van der Waals surface area contributed by atoms with E-state index in [2.05, 4.69) is 5.32 Å². The molecule has 6 nitrogen and oxygen atoms in total. The van der Waals surface area contributed by atoms with Crippen LogP contribution >= 0.6 is 22.9 Å². The molecule has 9 heteroatoms. The number of hydrogen-bond acceptors (Lipinski definition) is 5. The van der Waals surface area contributed by atoms with Crippen LogP contribution in [0.25, 0.3) is 0 Å². The summed E-state index contributed by atoms with van der Waals surface area (Å²) in [6, 6.07) is 19.7. The largest absolute Gasteiger partial charge is 0.489 e. The van der Waals surface area contributed by atoms with Gasteiger partial charge in [-0.1, -0.05) is 54.1 Å². The van der Waals surface area contributed by atoms with Crippen molar-refractivity contribution in [3.05, 3.63) is 82.2 Å². The molecule has 2 aromatic carbocycles. The molecule has 1 N–H and O–H groups in total. The van der Waals surface area contributed by atoms with Crippen LogP contribution in [0.4, 0.5) is 0 Å². The smallest absolute Gasteiger partial charge is 0.253 e. The van der Waals surface area contributed by atoms with Crippen molar-refractivity contribution in [3.63, 3.8) is 0 Å². The average Bonchev–Trinajstić information content (AvgIpc) is 3.47. The molecule has 4 rings (SSSR count). The zero-order chi connectivity index (χ0) is 22.6. The maximum atomic E-state index is 13.0. The summed E-state index contributed by atoms with van der Waals surface area (Å²) in [7, 11) is -3.75. The third-order valence-electron chi connectivity index (χ3n) is 5.22. The third-order valence-corrected chi connectivity index (χ3v) is 8.83. The van der Waals surface area contributed by atoms with Crippen molar-refractivity contribution in [2.45, 2.75) is 36.2 Å². The second kappa shape index (κ2) is 10.0. The number of carbonyl (C=O) groups excluding carboxylic acids is 1. The molecule has 0 bridgehead atoms. The quantitative estimate of drug-likeness (QED) is 0.506. The van der Waals surface area contributed by atoms with Crippen LogP contribution in [-0.4, -0.2) is 31.2 Å². The molecule has 0 spiro atoms. The van der Waals surface area contributed by atoms with E-state index in [0.717, 1.165) is 28.2 Å². The van der Waals surface area contributed by atoms with Crippen LogP contribution in [0, 0.1) is 0 Å². The van der Waals surface area contributed by atoms with Gasteiger partial charge in [0.15, 0.2) is 0 Å². The van der Waals surface area contributed by atoms with E-state index in [-0.39, 0.29) is 10.1 Å². The monoisotopic (exact) mass is 490 g/mol. The number of carbonyl (C=O) groups is 1. The third kappa shape index (κ3) is 5.32. The first-order valence-corrected chi connectivity index (χ1v) is 12.9. The number of nitrogens with zero attached hydrogens (tertiary/aromatic N) is 1. The number of rotatable bonds is 8. The molecule has 2 heterocycles. The molecule has 1 saturated heterocycles. The Bertz CT molecular complexity index is 1180. The molecule has 0 saturated carbocycles. The van der Waals surface area contributed by atoms with Crippen LogP contribution in [0.2, 0.25) is 4.34 Å². The lowest BCUT2D eigenvalue weighted by Gasteiger charge is -2.22. The summed E-state index contributed by atoms with van der Waals surface area (Å²) >= 11 is 6.91. The number of hydrogen-bond donors (Lipinski definition) is 1. The van der Waals surface area contributed by atoms with Gasteiger partial charge in [-0.25, -0.2) is 8.42 Å². The molecule has 1 aromatic heterocycles. The maximum absolute atomic E-state index is 13.0. The standard InChI is InChI=1S/C23H23ClN2O4S2/c24-21-11-12-22(31-21)32(28,29)26-13-5-10-20(26)23(27)25-15-17-6-4-7-18(14-17)16-30-19-8-2-1-3-9-19/h1-4,6-9,11-12,14,20H,5,10,13,15-16H2,(H,25,27)/t20-/m0/s1. The Balaban J connectivity index is 1.37. The predicted octanol–water partition coefficient (Wildman–Crippen LogP) is 4.45. The van der Waals surface area contributed by atoms with Crippen LogP contribution in [0.1, 0.15) is 24.0 Å². The molecule has 0 radical (unpaired) electrons. The second-order valence-electron chi connectivity index (χ2n) is 7.47. The van der Waals surface area contributed by atoms with E-state index in [1.807, 2.05) is 54.6 Å². The molecule has 1 amide bonds. The zero-order valence-corrected chi connectivity index (χ0v) is 19.6. The van der Waals surface area contributed by atoms with Gasteiger partial charge in [0.2, 0.25) is 5.91 Å². The summed E-state index contributed by atoms with van der Waals surface area (Å²) in [5, 5.41) is 2.89. The SMILES string of the molecule is O=C(NCc1cccc(COc2ccccc2)c1)[C@@H]1CCCN1S(=O)(=O)c1ccc(Cl)s1. The minimum atomic E-state index is -3.75. The highest BCUT2D eigenvalue weighted by Crippen LogP contribution is 2.32. The Morgan fingerprint density at radius 2 is 1.88 bits per heavy atom. The predicted molar refractivity (Wildman–Crippen MR) is 125 cm³/mol. The van der Waals surface area contributed by atoms with Crippen molar-refractivity contribution in [2.75, 3.05) is 6.54 Å². The van der Waals surface area contributed by atoms with Crippen molar-refractivity contribution < 1.29 is 17.9 Å². The molecule has 1 fully saturated rings. The molecule has 1 aliphatic rings. The first kappa shape index (κ1) is 22.8. The Morgan fingerprint density at radius 3 is 2.62 bits per heavy atom. The van der Waals surface area contributed by atoms with Gasteiger partial charge in [0.05, 0.1) is 4.34 Å². The number of ether oxygens (including phenoxy) is 1. The number of amides is 1. The maximum Gasteiger partial charge on any atom is 0.253 e. The molecule has 168 valence electrons. The Hall–Kier alpha value is -2.39. The Morgan fingerprint density at radius 1 is 1.09 bits per heavy atom. The van der Waals surface area contributed by atoms with E-state index in [0.29, 0.717) is 36.9 Å². The zero-order valence-electron chi connectivity index (χ0n) is 17.2. The molecular weight excluding hydrogens is 468 g/mol. The molecule has 1 atom stereocenters. The number of halogens is 1. The van der Waals surface area contributed by atoms with Gasteiger partial charge in [0.25, 0.3) is 10.0 Å². The van der Waals surface area contributed by atoms with Crippen molar-refractivity contribution in [1.29, 1.82) is 0 Å². The minimum absolute atomic E-state index is 0.160. The average molecular weight is 491 g/mol. The van der Waals surface area contributed by atoms with Gasteiger partial charge >= 0.3 is 0 Å². The second-order valence-corrected chi connectivity index (χ2v) is 11.3. The number of para-hydroxylation sites is 1. The fraction of sp³-hybridized carbons (Fsp3) is 0.261. The van der Waals surface area contributed by atoms with E-state index < -0.39 is 16.1 Å². The normalized spacial score (nSPS) is 16.7. The van der Waals surface area contributed by atoms with Crippen molar-refractivity contribution in [1.82, 2.24) is 9.62 Å². The van der Waals surface area contributed by atoms with Crippen LogP contribution < -0.4 is 10.1 Å². The lowest BCUT2D eigenvalue weighted by Crippen LogP contribution is -2.45. The van der Waals surface area contributed by atoms with Gasteiger partial charge in [-0.05, 0) is 48.2 Å². The van der Waals surface area contributed by atoms with Gasteiger partial charge < -0.3 is 10.1 Å². The van der Waals surface area contributed by atoms with E-state index >= 15 is 0 Å². The van der Waals surface area contributed by atoms with Gasteiger partial charge in [-0.15, -0.1) is 11.3 Å². The number of thiophene rings is 1. The highest BCUT2D eigenvalue weighted by Gasteiger charge is 2.39. The summed E-state index contributed by atoms with van der Waals surface area (Å²) in [5.41, 5.74) is 1.91. The summed E-state index contributed by atoms with van der Waals surface area (Å²) in [5.74, 6) is 0.500. The summed E-state index contributed by atoms with van der Waals surface area (Å²) in [6.07, 6.45) is 1.14. The molecule has 3 aromatic rings. The lowest BCUT2D eigenvalue weighted by atomic mass is 10.1. The van der Waals surface area contributed by atoms with E-state index in [1.54, 1.807) is 6.07 Å². The topological polar surface area (TPSA) is 75.7 Å². The first-order chi connectivity index (χ1) is 15.4. The fourth-order valence-electron chi connectivity index (χ4n) is 3.66. The van der Waals surface area contributed by atoms with Crippen LogP contribution in [0.5, 0.6) is 5.75 Å². The Kier molecular flexibility index (Phi) is 7.15. The molecule has 0 unspecified atom stereocenters. The number of sulfonamides is 1.